The van der Waals surface area contributed by atoms with E-state index in [0.29, 0.717) is 22.1 Å². The van der Waals surface area contributed by atoms with Crippen LogP contribution in [0, 0.1) is 0 Å². The highest BCUT2D eigenvalue weighted by Gasteiger charge is 2.19. The second kappa shape index (κ2) is 8.25. The molecule has 1 N–H and O–H groups in total. The lowest BCUT2D eigenvalue weighted by Crippen LogP contribution is -2.13. The molecule has 0 aliphatic heterocycles. The molecule has 1 aromatic heterocycles. The topological polar surface area (TPSA) is 60.5 Å². The maximum absolute atomic E-state index is 12.8. The lowest BCUT2D eigenvalue weighted by Gasteiger charge is -2.10. The Morgan fingerprint density at radius 1 is 1.12 bits per heavy atom. The number of nitrogens with zero attached hydrogens (tertiary/aromatic N) is 1. The van der Waals surface area contributed by atoms with Crippen LogP contribution in [0.4, 0.5) is 5.00 Å². The van der Waals surface area contributed by atoms with Gasteiger partial charge in [-0.25, -0.2) is 4.98 Å². The predicted octanol–water partition coefficient (Wildman–Crippen LogP) is 4.80. The van der Waals surface area contributed by atoms with Crippen LogP contribution in [0.3, 0.4) is 0 Å². The van der Waals surface area contributed by atoms with Gasteiger partial charge in [-0.1, -0.05) is 53.4 Å². The Hall–Kier alpha value is -2.51. The zero-order valence-corrected chi connectivity index (χ0v) is 16.2. The van der Waals surface area contributed by atoms with Gasteiger partial charge in [-0.2, -0.15) is 0 Å². The lowest BCUT2D eigenvalue weighted by atomic mass is 10.1. The summed E-state index contributed by atoms with van der Waals surface area (Å²) in [6.45, 7) is 0. The summed E-state index contributed by atoms with van der Waals surface area (Å²) in [5.41, 5.74) is 2.16. The van der Waals surface area contributed by atoms with E-state index in [9.17, 15) is 4.79 Å². The molecule has 0 aliphatic rings. The zero-order chi connectivity index (χ0) is 18.5. The van der Waals surface area contributed by atoms with E-state index in [1.165, 1.54) is 18.4 Å². The average Bonchev–Trinajstić information content (AvgIpc) is 3.10. The van der Waals surface area contributed by atoms with Crippen LogP contribution in [0.5, 0.6) is 11.5 Å². The van der Waals surface area contributed by atoms with Crippen LogP contribution in [0.1, 0.15) is 10.4 Å². The minimum Gasteiger partial charge on any atom is -0.497 e. The number of carbonyl (C=O) groups is 1. The van der Waals surface area contributed by atoms with Gasteiger partial charge in [0.05, 0.1) is 19.8 Å². The number of carbonyl (C=O) groups excluding carboxylic acids is 1. The first-order valence-corrected chi connectivity index (χ1v) is 9.84. The second-order valence-corrected chi connectivity index (χ2v) is 7.30. The minimum atomic E-state index is -0.252. The van der Waals surface area contributed by atoms with E-state index in [2.05, 4.69) is 10.3 Å². The molecule has 0 unspecified atom stereocenters. The summed E-state index contributed by atoms with van der Waals surface area (Å²) >= 11 is 3.00. The Kier molecular flexibility index (Phi) is 5.80. The Morgan fingerprint density at radius 2 is 1.88 bits per heavy atom. The maximum atomic E-state index is 12.8. The number of benzene rings is 2. The van der Waals surface area contributed by atoms with Crippen molar-refractivity contribution < 1.29 is 14.3 Å². The summed E-state index contributed by atoms with van der Waals surface area (Å²) in [5, 5.41) is 3.69. The third kappa shape index (κ3) is 3.84. The van der Waals surface area contributed by atoms with Crippen molar-refractivity contribution in [1.29, 1.82) is 0 Å². The van der Waals surface area contributed by atoms with Gasteiger partial charge in [-0.15, -0.1) is 0 Å². The molecule has 0 aliphatic carbocycles. The van der Waals surface area contributed by atoms with E-state index in [1.54, 1.807) is 37.1 Å². The number of thioether (sulfide) groups is 1. The molecule has 2 aromatic carbocycles. The normalized spacial score (nSPS) is 10.4. The predicted molar refractivity (Wildman–Crippen MR) is 107 cm³/mol. The van der Waals surface area contributed by atoms with Gasteiger partial charge in [0, 0.05) is 11.6 Å². The van der Waals surface area contributed by atoms with Gasteiger partial charge in [-0.3, -0.25) is 4.79 Å². The Bertz CT molecular complexity index is 910. The fourth-order valence-electron chi connectivity index (χ4n) is 2.42. The van der Waals surface area contributed by atoms with Crippen molar-refractivity contribution in [3.05, 3.63) is 54.1 Å². The number of anilines is 1. The first-order valence-electron chi connectivity index (χ1n) is 7.80. The summed E-state index contributed by atoms with van der Waals surface area (Å²) in [5.74, 6) is 0.835. The molecule has 0 fully saturated rings. The van der Waals surface area contributed by atoms with Crippen LogP contribution in [0.15, 0.2) is 52.9 Å². The Morgan fingerprint density at radius 3 is 2.54 bits per heavy atom. The van der Waals surface area contributed by atoms with Crippen molar-refractivity contribution in [1.82, 2.24) is 4.98 Å². The highest BCUT2D eigenvalue weighted by atomic mass is 32.2. The van der Waals surface area contributed by atoms with Crippen LogP contribution in [-0.2, 0) is 0 Å². The van der Waals surface area contributed by atoms with Crippen molar-refractivity contribution in [2.75, 3.05) is 25.8 Å². The second-order valence-electron chi connectivity index (χ2n) is 5.25. The summed E-state index contributed by atoms with van der Waals surface area (Å²) in [7, 11) is 3.10. The number of rotatable bonds is 6. The van der Waals surface area contributed by atoms with E-state index >= 15 is 0 Å². The molecule has 7 heteroatoms. The number of aromatic nitrogens is 1. The van der Waals surface area contributed by atoms with Crippen LogP contribution in [0.25, 0.3) is 11.3 Å². The molecule has 1 heterocycles. The summed E-state index contributed by atoms with van der Waals surface area (Å²) < 4.78 is 11.4. The fourth-order valence-corrected chi connectivity index (χ4v) is 3.90. The Labute approximate surface area is 160 Å². The Balaban J connectivity index is 1.94. The summed E-state index contributed by atoms with van der Waals surface area (Å²) in [4.78, 5) is 17.4. The quantitative estimate of drug-likeness (QED) is 0.617. The standard InChI is InChI=1S/C19H18N2O3S2/c1-23-13-9-10-14(15(11-13)24-2)17(22)21-18-16(20-19(25-3)26-18)12-7-5-4-6-8-12/h4-11H,1-3H3,(H,21,22). The third-order valence-electron chi connectivity index (χ3n) is 3.71. The van der Waals surface area contributed by atoms with Gasteiger partial charge < -0.3 is 14.8 Å². The third-order valence-corrected chi connectivity index (χ3v) is 5.67. The number of hydrogen-bond acceptors (Lipinski definition) is 6. The van der Waals surface area contributed by atoms with Crippen LogP contribution >= 0.6 is 23.1 Å². The van der Waals surface area contributed by atoms with Crippen molar-refractivity contribution in [3.8, 4) is 22.8 Å². The van der Waals surface area contributed by atoms with Crippen LogP contribution in [0.2, 0.25) is 0 Å². The molecule has 0 saturated carbocycles. The van der Waals surface area contributed by atoms with E-state index in [1.807, 2.05) is 36.6 Å². The summed E-state index contributed by atoms with van der Waals surface area (Å²) in [6.07, 6.45) is 1.96. The number of hydrogen-bond donors (Lipinski definition) is 1. The van der Waals surface area contributed by atoms with Gasteiger partial charge >= 0.3 is 0 Å². The SMILES string of the molecule is COc1ccc(C(=O)Nc2sc(SC)nc2-c2ccccc2)c(OC)c1. The molecule has 3 aromatic rings. The number of methoxy groups -OCH3 is 2. The number of ether oxygens (including phenoxy) is 2. The molecule has 0 atom stereocenters. The molecule has 0 bridgehead atoms. The zero-order valence-electron chi connectivity index (χ0n) is 14.6. The molecular formula is C19H18N2O3S2. The molecule has 3 rings (SSSR count). The van der Waals surface area contributed by atoms with E-state index < -0.39 is 0 Å². The number of nitrogens with one attached hydrogen (secondary N) is 1. The molecular weight excluding hydrogens is 368 g/mol. The molecule has 0 spiro atoms. The molecule has 26 heavy (non-hydrogen) atoms. The van der Waals surface area contributed by atoms with Gasteiger partial charge in [0.2, 0.25) is 0 Å². The van der Waals surface area contributed by atoms with E-state index in [-0.39, 0.29) is 5.91 Å². The molecule has 0 radical (unpaired) electrons. The van der Waals surface area contributed by atoms with Crippen molar-refractivity contribution >= 4 is 34.0 Å². The van der Waals surface area contributed by atoms with E-state index in [0.717, 1.165) is 15.6 Å². The van der Waals surface area contributed by atoms with Gasteiger partial charge in [0.1, 0.15) is 22.2 Å². The highest BCUT2D eigenvalue weighted by molar-refractivity contribution is 8.00. The van der Waals surface area contributed by atoms with E-state index in [4.69, 9.17) is 9.47 Å². The highest BCUT2D eigenvalue weighted by Crippen LogP contribution is 2.37. The van der Waals surface area contributed by atoms with Crippen molar-refractivity contribution in [2.45, 2.75) is 4.34 Å². The fraction of sp³-hybridized carbons (Fsp3) is 0.158. The first-order chi connectivity index (χ1) is 12.7. The van der Waals surface area contributed by atoms with Crippen LogP contribution < -0.4 is 14.8 Å². The monoisotopic (exact) mass is 386 g/mol. The van der Waals surface area contributed by atoms with Gasteiger partial charge in [0.15, 0.2) is 4.34 Å². The number of thiazole rings is 1. The maximum Gasteiger partial charge on any atom is 0.260 e. The number of amides is 1. The minimum absolute atomic E-state index is 0.252. The largest absolute Gasteiger partial charge is 0.497 e. The van der Waals surface area contributed by atoms with Gasteiger partial charge in [-0.05, 0) is 18.4 Å². The van der Waals surface area contributed by atoms with Gasteiger partial charge in [0.25, 0.3) is 5.91 Å². The van der Waals surface area contributed by atoms with Crippen molar-refractivity contribution in [3.63, 3.8) is 0 Å². The van der Waals surface area contributed by atoms with Crippen LogP contribution in [-0.4, -0.2) is 31.4 Å². The molecule has 5 nitrogen and oxygen atoms in total. The molecule has 0 saturated heterocycles. The summed E-state index contributed by atoms with van der Waals surface area (Å²) in [6, 6.07) is 14.9. The first kappa shape index (κ1) is 18.3. The molecule has 134 valence electrons. The molecule has 1 amide bonds. The average molecular weight is 386 g/mol. The lowest BCUT2D eigenvalue weighted by molar-refractivity contribution is 0.102. The smallest absolute Gasteiger partial charge is 0.260 e. The van der Waals surface area contributed by atoms with Crippen molar-refractivity contribution in [2.24, 2.45) is 0 Å².